The SMILES string of the molecule is COc1cc(CN)ccc1OC(=O)O[C@H](c1cc(C(F)(F)F)cc(C(F)(F)F)c1)[C@H](C)NCc1cc(C(F)(F)F)ccc1-c1cc(C(C)C)c(F)cc1OC. The van der Waals surface area contributed by atoms with Crippen LogP contribution in [-0.4, -0.2) is 26.4 Å². The average molecular weight is 791 g/mol. The minimum atomic E-state index is -5.27. The molecule has 55 heavy (non-hydrogen) atoms. The van der Waals surface area contributed by atoms with E-state index < -0.39 is 71.4 Å². The number of methoxy groups -OCH3 is 2. The molecule has 4 aromatic carbocycles. The van der Waals surface area contributed by atoms with Gasteiger partial charge >= 0.3 is 24.7 Å². The van der Waals surface area contributed by atoms with Gasteiger partial charge in [0.2, 0.25) is 0 Å². The molecular formula is C38H36F10N2O5. The maximum Gasteiger partial charge on any atom is 0.514 e. The molecule has 0 aliphatic heterocycles. The van der Waals surface area contributed by atoms with Crippen LogP contribution in [0.4, 0.5) is 48.7 Å². The van der Waals surface area contributed by atoms with Crippen LogP contribution in [-0.2, 0) is 36.4 Å². The lowest BCUT2D eigenvalue weighted by Gasteiger charge is -2.27. The first-order chi connectivity index (χ1) is 25.6. The van der Waals surface area contributed by atoms with Gasteiger partial charge < -0.3 is 30.0 Å². The number of benzene rings is 4. The number of rotatable bonds is 12. The van der Waals surface area contributed by atoms with Crippen molar-refractivity contribution in [3.63, 3.8) is 0 Å². The number of hydrogen-bond acceptors (Lipinski definition) is 7. The lowest BCUT2D eigenvalue weighted by atomic mass is 9.92. The molecule has 0 aliphatic rings. The molecule has 0 heterocycles. The largest absolute Gasteiger partial charge is 0.514 e. The molecule has 7 nitrogen and oxygen atoms in total. The molecule has 298 valence electrons. The van der Waals surface area contributed by atoms with Gasteiger partial charge in [0.05, 0.1) is 30.9 Å². The van der Waals surface area contributed by atoms with E-state index in [0.717, 1.165) is 24.3 Å². The van der Waals surface area contributed by atoms with Crippen molar-refractivity contribution in [3.05, 3.63) is 111 Å². The van der Waals surface area contributed by atoms with Crippen LogP contribution in [0.1, 0.15) is 71.7 Å². The van der Waals surface area contributed by atoms with Crippen LogP contribution in [0.25, 0.3) is 11.1 Å². The van der Waals surface area contributed by atoms with Crippen molar-refractivity contribution in [1.29, 1.82) is 0 Å². The maximum absolute atomic E-state index is 14.9. The van der Waals surface area contributed by atoms with Gasteiger partial charge in [-0.2, -0.15) is 39.5 Å². The topological polar surface area (TPSA) is 92.0 Å². The Bertz CT molecular complexity index is 1960. The second kappa shape index (κ2) is 16.8. The highest BCUT2D eigenvalue weighted by Gasteiger charge is 2.39. The van der Waals surface area contributed by atoms with Gasteiger partial charge in [0.1, 0.15) is 17.7 Å². The fourth-order valence-electron chi connectivity index (χ4n) is 5.69. The molecule has 3 N–H and O–H groups in total. The number of nitrogens with one attached hydrogen (secondary N) is 1. The maximum atomic E-state index is 14.9. The van der Waals surface area contributed by atoms with Crippen molar-refractivity contribution in [2.24, 2.45) is 5.73 Å². The summed E-state index contributed by atoms with van der Waals surface area (Å²) in [5.74, 6) is -1.25. The second-order valence-corrected chi connectivity index (χ2v) is 12.7. The molecule has 0 amide bonds. The van der Waals surface area contributed by atoms with Crippen LogP contribution in [0, 0.1) is 5.82 Å². The molecule has 17 heteroatoms. The number of ether oxygens (including phenoxy) is 4. The summed E-state index contributed by atoms with van der Waals surface area (Å²) in [7, 11) is 2.46. The first-order valence-electron chi connectivity index (χ1n) is 16.4. The monoisotopic (exact) mass is 790 g/mol. The van der Waals surface area contributed by atoms with Crippen molar-refractivity contribution in [3.8, 4) is 28.4 Å². The van der Waals surface area contributed by atoms with Gasteiger partial charge in [-0.05, 0) is 89.2 Å². The lowest BCUT2D eigenvalue weighted by Crippen LogP contribution is -2.35. The Hall–Kier alpha value is -5.03. The zero-order chi connectivity index (χ0) is 41.0. The van der Waals surface area contributed by atoms with Crippen LogP contribution in [0.3, 0.4) is 0 Å². The average Bonchev–Trinajstić information content (AvgIpc) is 3.11. The summed E-state index contributed by atoms with van der Waals surface area (Å²) in [5, 5.41) is 2.78. The molecule has 0 aromatic heterocycles. The molecule has 0 unspecified atom stereocenters. The minimum Gasteiger partial charge on any atom is -0.496 e. The summed E-state index contributed by atoms with van der Waals surface area (Å²) in [6.45, 7) is 4.17. The molecule has 0 spiro atoms. The number of nitrogens with two attached hydrogens (primary N) is 1. The van der Waals surface area contributed by atoms with Gasteiger partial charge in [-0.15, -0.1) is 0 Å². The van der Waals surface area contributed by atoms with Gasteiger partial charge in [-0.3, -0.25) is 0 Å². The van der Waals surface area contributed by atoms with E-state index in [1.54, 1.807) is 13.8 Å². The normalized spacial score (nSPS) is 13.4. The molecule has 0 radical (unpaired) electrons. The number of hydrogen-bond donors (Lipinski definition) is 2. The van der Waals surface area contributed by atoms with E-state index in [2.05, 4.69) is 5.32 Å². The van der Waals surface area contributed by atoms with Crippen LogP contribution >= 0.6 is 0 Å². The van der Waals surface area contributed by atoms with Gasteiger partial charge in [-0.25, -0.2) is 9.18 Å². The van der Waals surface area contributed by atoms with E-state index in [1.165, 1.54) is 45.4 Å². The highest BCUT2D eigenvalue weighted by atomic mass is 19.4. The third-order valence-electron chi connectivity index (χ3n) is 8.55. The predicted octanol–water partition coefficient (Wildman–Crippen LogP) is 10.6. The van der Waals surface area contributed by atoms with Crippen LogP contribution < -0.4 is 25.3 Å². The third-order valence-corrected chi connectivity index (χ3v) is 8.55. The van der Waals surface area contributed by atoms with Gasteiger partial charge in [-0.1, -0.05) is 26.0 Å². The highest BCUT2D eigenvalue weighted by Crippen LogP contribution is 2.41. The zero-order valence-electron chi connectivity index (χ0n) is 29.9. The molecule has 0 bridgehead atoms. The molecule has 0 aliphatic carbocycles. The van der Waals surface area contributed by atoms with Crippen molar-refractivity contribution in [2.45, 2.75) is 70.5 Å². The number of alkyl halides is 9. The summed E-state index contributed by atoms with van der Waals surface area (Å²) >= 11 is 0. The molecule has 2 atom stereocenters. The Labute approximate surface area is 309 Å². The van der Waals surface area contributed by atoms with Crippen molar-refractivity contribution < 1.29 is 67.6 Å². The van der Waals surface area contributed by atoms with E-state index in [9.17, 15) is 48.7 Å². The summed E-state index contributed by atoms with van der Waals surface area (Å²) in [6, 6.07) is 8.52. The summed E-state index contributed by atoms with van der Waals surface area (Å²) in [4.78, 5) is 13.2. The van der Waals surface area contributed by atoms with Gasteiger partial charge in [0.25, 0.3) is 0 Å². The molecule has 0 fully saturated rings. The Balaban J connectivity index is 1.82. The van der Waals surface area contributed by atoms with E-state index in [4.69, 9.17) is 24.7 Å². The number of carbonyl (C=O) groups is 1. The molecule has 0 saturated heterocycles. The fourth-order valence-corrected chi connectivity index (χ4v) is 5.69. The summed E-state index contributed by atoms with van der Waals surface area (Å²) in [6.07, 6.45) is -18.9. The number of carbonyl (C=O) groups excluding carboxylic acids is 1. The molecule has 0 saturated carbocycles. The standard InChI is InChI=1S/C38H36F10N2O5/c1-19(2)28-15-29(32(52-4)16-30(28)39)27-8-7-24(36(40,41)42)13-23(27)18-50-20(3)34(22-11-25(37(43,44)45)14-26(12-22)38(46,47)48)55-35(51)54-31-9-6-21(17-49)10-33(31)53-5/h6-16,19-20,34,50H,17-18,49H2,1-5H3/t20-,34-/m0/s1. The molecule has 4 aromatic rings. The third kappa shape index (κ3) is 10.4. The minimum absolute atomic E-state index is 0.00466. The Morgan fingerprint density at radius 2 is 1.31 bits per heavy atom. The summed E-state index contributed by atoms with van der Waals surface area (Å²) in [5.41, 5.74) is 1.37. The quantitative estimate of drug-likeness (QED) is 0.0839. The molecule has 4 rings (SSSR count). The Morgan fingerprint density at radius 3 is 1.84 bits per heavy atom. The Morgan fingerprint density at radius 1 is 0.709 bits per heavy atom. The zero-order valence-corrected chi connectivity index (χ0v) is 29.9. The lowest BCUT2D eigenvalue weighted by molar-refractivity contribution is -0.143. The van der Waals surface area contributed by atoms with Crippen LogP contribution in [0.2, 0.25) is 0 Å². The predicted molar refractivity (Wildman–Crippen MR) is 181 cm³/mol. The van der Waals surface area contributed by atoms with E-state index in [1.807, 2.05) is 0 Å². The van der Waals surface area contributed by atoms with E-state index in [-0.39, 0.29) is 58.0 Å². The first kappa shape index (κ1) is 42.7. The highest BCUT2D eigenvalue weighted by molar-refractivity contribution is 5.75. The van der Waals surface area contributed by atoms with Crippen molar-refractivity contribution in [2.75, 3.05) is 14.2 Å². The molecular weight excluding hydrogens is 754 g/mol. The van der Waals surface area contributed by atoms with Crippen molar-refractivity contribution in [1.82, 2.24) is 5.32 Å². The fraction of sp³-hybridized carbons (Fsp3) is 0.342. The van der Waals surface area contributed by atoms with Gasteiger partial charge in [0.15, 0.2) is 11.5 Å². The Kier molecular flexibility index (Phi) is 13.0. The van der Waals surface area contributed by atoms with Crippen LogP contribution in [0.5, 0.6) is 17.2 Å². The number of halogens is 10. The smallest absolute Gasteiger partial charge is 0.496 e. The van der Waals surface area contributed by atoms with Crippen LogP contribution in [0.15, 0.2) is 66.7 Å². The first-order valence-corrected chi connectivity index (χ1v) is 16.4. The van der Waals surface area contributed by atoms with E-state index >= 15 is 0 Å². The van der Waals surface area contributed by atoms with Crippen molar-refractivity contribution >= 4 is 6.16 Å². The van der Waals surface area contributed by atoms with E-state index in [0.29, 0.717) is 17.7 Å². The summed E-state index contributed by atoms with van der Waals surface area (Å²) < 4.78 is 161. The second-order valence-electron chi connectivity index (χ2n) is 12.7. The van der Waals surface area contributed by atoms with Gasteiger partial charge in [0, 0.05) is 30.8 Å².